The van der Waals surface area contributed by atoms with Gasteiger partial charge in [-0.3, -0.25) is 4.79 Å². The van der Waals surface area contributed by atoms with Crippen LogP contribution in [0.4, 0.5) is 10.1 Å². The fourth-order valence-electron chi connectivity index (χ4n) is 1.93. The Hall–Kier alpha value is -2.07. The van der Waals surface area contributed by atoms with Crippen LogP contribution in [0, 0.1) is 5.82 Å². The van der Waals surface area contributed by atoms with Gasteiger partial charge in [0, 0.05) is 23.8 Å². The van der Waals surface area contributed by atoms with Gasteiger partial charge in [-0.2, -0.15) is 0 Å². The first-order valence-corrected chi connectivity index (χ1v) is 7.04. The molecule has 3 nitrogen and oxygen atoms in total. The molecule has 2 aromatic carbocycles. The molecule has 0 unspecified atom stereocenters. The van der Waals surface area contributed by atoms with Crippen LogP contribution in [0.3, 0.4) is 0 Å². The average molecular weight is 307 g/mol. The topological polar surface area (TPSA) is 41.1 Å². The second-order valence-electron chi connectivity index (χ2n) is 4.53. The molecule has 2 N–H and O–H groups in total. The van der Waals surface area contributed by atoms with E-state index < -0.39 is 0 Å². The Morgan fingerprint density at radius 2 is 1.90 bits per heavy atom. The van der Waals surface area contributed by atoms with E-state index in [0.717, 1.165) is 11.3 Å². The van der Waals surface area contributed by atoms with Gasteiger partial charge in [-0.15, -0.1) is 0 Å². The molecule has 110 valence electrons. The number of carbonyl (C=O) groups is 1. The van der Waals surface area contributed by atoms with Gasteiger partial charge in [0.1, 0.15) is 5.82 Å². The lowest BCUT2D eigenvalue weighted by atomic mass is 10.1. The SMILES string of the molecule is CCNc1ccc(Cl)cc1C(=O)NCc1ccc(F)cc1. The fourth-order valence-corrected chi connectivity index (χ4v) is 2.10. The summed E-state index contributed by atoms with van der Waals surface area (Å²) in [4.78, 5) is 12.2. The Morgan fingerprint density at radius 3 is 2.57 bits per heavy atom. The minimum Gasteiger partial charge on any atom is -0.385 e. The molecule has 0 bridgehead atoms. The molecular weight excluding hydrogens is 291 g/mol. The van der Waals surface area contributed by atoms with Gasteiger partial charge in [0.05, 0.1) is 5.56 Å². The molecule has 0 fully saturated rings. The van der Waals surface area contributed by atoms with Crippen LogP contribution in [-0.4, -0.2) is 12.5 Å². The third kappa shape index (κ3) is 4.20. The number of nitrogens with one attached hydrogen (secondary N) is 2. The third-order valence-corrected chi connectivity index (χ3v) is 3.19. The Bertz CT molecular complexity index is 629. The van der Waals surface area contributed by atoms with E-state index in [-0.39, 0.29) is 11.7 Å². The smallest absolute Gasteiger partial charge is 0.253 e. The molecule has 0 saturated heterocycles. The first kappa shape index (κ1) is 15.3. The molecule has 0 aromatic heterocycles. The van der Waals surface area contributed by atoms with Crippen LogP contribution in [0.25, 0.3) is 0 Å². The summed E-state index contributed by atoms with van der Waals surface area (Å²) in [5, 5.41) is 6.42. The molecule has 0 heterocycles. The first-order chi connectivity index (χ1) is 10.1. The number of amides is 1. The van der Waals surface area contributed by atoms with E-state index in [0.29, 0.717) is 23.7 Å². The van der Waals surface area contributed by atoms with Crippen molar-refractivity contribution in [3.63, 3.8) is 0 Å². The standard InChI is InChI=1S/C16H16ClFN2O/c1-2-19-15-8-5-12(17)9-14(15)16(21)20-10-11-3-6-13(18)7-4-11/h3-9,19H,2,10H2,1H3,(H,20,21). The van der Waals surface area contributed by atoms with E-state index in [9.17, 15) is 9.18 Å². The monoisotopic (exact) mass is 306 g/mol. The van der Waals surface area contributed by atoms with E-state index >= 15 is 0 Å². The number of hydrogen-bond acceptors (Lipinski definition) is 2. The number of anilines is 1. The Kier molecular flexibility index (Phi) is 5.17. The molecule has 2 rings (SSSR count). The summed E-state index contributed by atoms with van der Waals surface area (Å²) >= 11 is 5.95. The van der Waals surface area contributed by atoms with Crippen molar-refractivity contribution in [1.82, 2.24) is 5.32 Å². The predicted octanol–water partition coefficient (Wildman–Crippen LogP) is 3.84. The molecule has 5 heteroatoms. The Morgan fingerprint density at radius 1 is 1.19 bits per heavy atom. The van der Waals surface area contributed by atoms with Crippen molar-refractivity contribution in [3.05, 3.63) is 64.4 Å². The highest BCUT2D eigenvalue weighted by Crippen LogP contribution is 2.20. The van der Waals surface area contributed by atoms with Gasteiger partial charge in [-0.1, -0.05) is 23.7 Å². The van der Waals surface area contributed by atoms with Crippen molar-refractivity contribution in [2.45, 2.75) is 13.5 Å². The summed E-state index contributed by atoms with van der Waals surface area (Å²) in [5.74, 6) is -0.521. The minimum absolute atomic E-state index is 0.224. The molecule has 0 aliphatic rings. The number of carbonyl (C=O) groups excluding carboxylic acids is 1. The van der Waals surface area contributed by atoms with Crippen LogP contribution >= 0.6 is 11.6 Å². The zero-order chi connectivity index (χ0) is 15.2. The van der Waals surface area contributed by atoms with Gasteiger partial charge in [0.2, 0.25) is 0 Å². The normalized spacial score (nSPS) is 10.2. The molecule has 0 saturated carbocycles. The minimum atomic E-state index is -0.297. The summed E-state index contributed by atoms with van der Waals surface area (Å²) in [7, 11) is 0. The highest BCUT2D eigenvalue weighted by atomic mass is 35.5. The quantitative estimate of drug-likeness (QED) is 0.881. The fraction of sp³-hybridized carbons (Fsp3) is 0.188. The van der Waals surface area contributed by atoms with Gasteiger partial charge < -0.3 is 10.6 Å². The summed E-state index contributed by atoms with van der Waals surface area (Å²) in [6, 6.07) is 11.1. The summed E-state index contributed by atoms with van der Waals surface area (Å²) in [6.45, 7) is 2.99. The zero-order valence-corrected chi connectivity index (χ0v) is 12.4. The molecule has 0 atom stereocenters. The van der Waals surface area contributed by atoms with Crippen molar-refractivity contribution in [2.24, 2.45) is 0 Å². The number of benzene rings is 2. The van der Waals surface area contributed by atoms with Gasteiger partial charge in [-0.25, -0.2) is 4.39 Å². The summed E-state index contributed by atoms with van der Waals surface area (Å²) in [5.41, 5.74) is 2.06. The van der Waals surface area contributed by atoms with Crippen molar-refractivity contribution in [2.75, 3.05) is 11.9 Å². The molecule has 1 amide bonds. The number of rotatable bonds is 5. The van der Waals surface area contributed by atoms with Crippen LogP contribution in [0.2, 0.25) is 5.02 Å². The lowest BCUT2D eigenvalue weighted by molar-refractivity contribution is 0.0951. The van der Waals surface area contributed by atoms with Crippen molar-refractivity contribution >= 4 is 23.2 Å². The van der Waals surface area contributed by atoms with E-state index in [2.05, 4.69) is 10.6 Å². The maximum Gasteiger partial charge on any atom is 0.253 e. The van der Waals surface area contributed by atoms with Gasteiger partial charge in [0.15, 0.2) is 0 Å². The lowest BCUT2D eigenvalue weighted by Crippen LogP contribution is -2.24. The highest BCUT2D eigenvalue weighted by Gasteiger charge is 2.11. The molecule has 0 aliphatic heterocycles. The third-order valence-electron chi connectivity index (χ3n) is 2.96. The molecule has 2 aromatic rings. The number of halogens is 2. The molecule has 21 heavy (non-hydrogen) atoms. The highest BCUT2D eigenvalue weighted by molar-refractivity contribution is 6.31. The van der Waals surface area contributed by atoms with Crippen LogP contribution in [0.5, 0.6) is 0 Å². The second kappa shape index (κ2) is 7.09. The molecule has 0 aliphatic carbocycles. The van der Waals surface area contributed by atoms with E-state index in [1.807, 2.05) is 6.92 Å². The summed E-state index contributed by atoms with van der Waals surface area (Å²) < 4.78 is 12.8. The maximum absolute atomic E-state index is 12.8. The van der Waals surface area contributed by atoms with E-state index in [1.165, 1.54) is 12.1 Å². The Labute approximate surface area is 128 Å². The largest absolute Gasteiger partial charge is 0.385 e. The summed E-state index contributed by atoms with van der Waals surface area (Å²) in [6.07, 6.45) is 0. The molecular formula is C16H16ClFN2O. The average Bonchev–Trinajstić information content (AvgIpc) is 2.48. The van der Waals surface area contributed by atoms with E-state index in [1.54, 1.807) is 30.3 Å². The van der Waals surface area contributed by atoms with Gasteiger partial charge in [-0.05, 0) is 42.8 Å². The second-order valence-corrected chi connectivity index (χ2v) is 4.97. The molecule has 0 radical (unpaired) electrons. The zero-order valence-electron chi connectivity index (χ0n) is 11.6. The predicted molar refractivity (Wildman–Crippen MR) is 83.2 cm³/mol. The maximum atomic E-state index is 12.8. The van der Waals surface area contributed by atoms with E-state index in [4.69, 9.17) is 11.6 Å². The molecule has 0 spiro atoms. The van der Waals surface area contributed by atoms with Gasteiger partial charge >= 0.3 is 0 Å². The van der Waals surface area contributed by atoms with Crippen LogP contribution in [0.15, 0.2) is 42.5 Å². The van der Waals surface area contributed by atoms with Crippen molar-refractivity contribution in [1.29, 1.82) is 0 Å². The van der Waals surface area contributed by atoms with Crippen LogP contribution in [0.1, 0.15) is 22.8 Å². The van der Waals surface area contributed by atoms with Crippen LogP contribution < -0.4 is 10.6 Å². The van der Waals surface area contributed by atoms with Crippen molar-refractivity contribution < 1.29 is 9.18 Å². The van der Waals surface area contributed by atoms with Gasteiger partial charge in [0.25, 0.3) is 5.91 Å². The lowest BCUT2D eigenvalue weighted by Gasteiger charge is -2.11. The Balaban J connectivity index is 2.09. The first-order valence-electron chi connectivity index (χ1n) is 6.66. The van der Waals surface area contributed by atoms with Crippen molar-refractivity contribution in [3.8, 4) is 0 Å². The van der Waals surface area contributed by atoms with Crippen LogP contribution in [-0.2, 0) is 6.54 Å². The number of hydrogen-bond donors (Lipinski definition) is 2.